The van der Waals surface area contributed by atoms with Gasteiger partial charge in [0.15, 0.2) is 0 Å². The maximum Gasteiger partial charge on any atom is 0.408 e. The van der Waals surface area contributed by atoms with E-state index in [2.05, 4.69) is 10.2 Å². The van der Waals surface area contributed by atoms with Crippen LogP contribution in [0.3, 0.4) is 0 Å². The highest BCUT2D eigenvalue weighted by Gasteiger charge is 2.47. The van der Waals surface area contributed by atoms with Gasteiger partial charge in [0.1, 0.15) is 36.1 Å². The van der Waals surface area contributed by atoms with Crippen molar-refractivity contribution in [2.24, 2.45) is 11.3 Å². The van der Waals surface area contributed by atoms with Crippen LogP contribution in [0.15, 0.2) is 24.3 Å². The van der Waals surface area contributed by atoms with Crippen LogP contribution in [0.25, 0.3) is 10.9 Å². The fourth-order valence-electron chi connectivity index (χ4n) is 7.47. The lowest BCUT2D eigenvalue weighted by Crippen LogP contribution is -2.57. The summed E-state index contributed by atoms with van der Waals surface area (Å²) in [6.07, 6.45) is 5.83. The predicted molar refractivity (Wildman–Crippen MR) is 183 cm³/mol. The molecule has 1 saturated carbocycles. The van der Waals surface area contributed by atoms with Crippen LogP contribution >= 0.6 is 0 Å². The van der Waals surface area contributed by atoms with Gasteiger partial charge in [-0.1, -0.05) is 45.7 Å². The summed E-state index contributed by atoms with van der Waals surface area (Å²) in [5.74, 6) is -0.0543. The van der Waals surface area contributed by atoms with E-state index in [0.29, 0.717) is 24.8 Å². The van der Waals surface area contributed by atoms with Gasteiger partial charge in [-0.15, -0.1) is 0 Å². The number of methoxy groups -OCH3 is 1. The van der Waals surface area contributed by atoms with E-state index in [9.17, 15) is 19.5 Å². The lowest BCUT2D eigenvalue weighted by atomic mass is 9.85. The van der Waals surface area contributed by atoms with E-state index in [1.54, 1.807) is 7.11 Å². The van der Waals surface area contributed by atoms with Gasteiger partial charge in [0.25, 0.3) is 0 Å². The van der Waals surface area contributed by atoms with Crippen molar-refractivity contribution < 1.29 is 38.4 Å². The average Bonchev–Trinajstić information content (AvgIpc) is 3.65. The number of carbonyl (C=O) groups is 3. The van der Waals surface area contributed by atoms with Crippen molar-refractivity contribution in [2.45, 2.75) is 109 Å². The molecule has 1 aromatic heterocycles. The van der Waals surface area contributed by atoms with E-state index in [4.69, 9.17) is 23.9 Å². The van der Waals surface area contributed by atoms with Crippen LogP contribution in [-0.2, 0) is 25.5 Å². The van der Waals surface area contributed by atoms with Crippen molar-refractivity contribution in [1.29, 1.82) is 0 Å². The van der Waals surface area contributed by atoms with E-state index >= 15 is 0 Å². The van der Waals surface area contributed by atoms with E-state index in [1.807, 2.05) is 45.0 Å². The number of hydrogen-bond donors (Lipinski definition) is 2. The van der Waals surface area contributed by atoms with Crippen LogP contribution < -0.4 is 14.8 Å². The second kappa shape index (κ2) is 15.1. The molecule has 3 fully saturated rings. The molecule has 1 unspecified atom stereocenters. The monoisotopic (exact) mass is 680 g/mol. The van der Waals surface area contributed by atoms with E-state index < -0.39 is 41.6 Å². The molecule has 0 spiro atoms. The van der Waals surface area contributed by atoms with Gasteiger partial charge in [0.2, 0.25) is 11.8 Å². The first-order valence-corrected chi connectivity index (χ1v) is 18.0. The number of aliphatic carboxylic acids is 1. The summed E-state index contributed by atoms with van der Waals surface area (Å²) in [5.41, 5.74) is 0.943. The van der Waals surface area contributed by atoms with Gasteiger partial charge >= 0.3 is 12.1 Å². The number of ether oxygens (including phenoxy) is 4. The Labute approximate surface area is 288 Å². The van der Waals surface area contributed by atoms with E-state index in [1.165, 1.54) is 4.90 Å². The van der Waals surface area contributed by atoms with Gasteiger partial charge in [-0.25, -0.2) is 14.6 Å². The summed E-state index contributed by atoms with van der Waals surface area (Å²) in [7, 11) is 1.73. The molecule has 4 heterocycles. The van der Waals surface area contributed by atoms with E-state index in [-0.39, 0.29) is 25.2 Å². The largest absolute Gasteiger partial charge is 0.489 e. The minimum absolute atomic E-state index is 0.0362. The Morgan fingerprint density at radius 1 is 1.06 bits per heavy atom. The van der Waals surface area contributed by atoms with Gasteiger partial charge < -0.3 is 39.2 Å². The Hall–Kier alpha value is -3.64. The van der Waals surface area contributed by atoms with Gasteiger partial charge in [-0.2, -0.15) is 0 Å². The van der Waals surface area contributed by atoms with Crippen molar-refractivity contribution in [3.8, 4) is 11.6 Å². The number of carbonyl (C=O) groups excluding carboxylic acids is 2. The smallest absolute Gasteiger partial charge is 0.408 e. The number of carboxylic acid groups (broad SMARTS) is 1. The Kier molecular flexibility index (Phi) is 10.8. The topological polar surface area (TPSA) is 140 Å². The van der Waals surface area contributed by atoms with Crippen molar-refractivity contribution in [3.63, 3.8) is 0 Å². The first kappa shape index (κ1) is 35.2. The third kappa shape index (κ3) is 8.40. The number of alkyl carbamates (subject to hydrolysis) is 1. The van der Waals surface area contributed by atoms with Crippen LogP contribution in [0.4, 0.5) is 4.79 Å². The van der Waals surface area contributed by atoms with Crippen LogP contribution in [0.2, 0.25) is 0 Å². The first-order valence-electron chi connectivity index (χ1n) is 18.0. The van der Waals surface area contributed by atoms with Crippen LogP contribution in [0, 0.1) is 11.3 Å². The summed E-state index contributed by atoms with van der Waals surface area (Å²) in [6, 6.07) is 5.83. The Morgan fingerprint density at radius 3 is 2.57 bits per heavy atom. The molecule has 2 bridgehead atoms. The zero-order chi connectivity index (χ0) is 34.7. The molecule has 1 aromatic carbocycles. The molecular weight excluding hydrogens is 628 g/mol. The van der Waals surface area contributed by atoms with Crippen molar-refractivity contribution in [1.82, 2.24) is 20.1 Å². The molecule has 6 rings (SSSR count). The SMILES string of the molecule is COCCN1CCC(Oc2c3c(nc4ccccc24)O[C@@H]2C[C@@H](C(=O)O)N(C2)C(=O)[C@H](C(C)(C)C)NC(=O)O[C@@H]2CC2CCCCC3)CC1. The summed E-state index contributed by atoms with van der Waals surface area (Å²) in [6.45, 7) is 9.06. The fraction of sp³-hybridized carbons (Fsp3) is 0.676. The lowest BCUT2D eigenvalue weighted by molar-refractivity contribution is -0.150. The summed E-state index contributed by atoms with van der Waals surface area (Å²) in [5, 5.41) is 14.0. The lowest BCUT2D eigenvalue weighted by Gasteiger charge is -2.34. The summed E-state index contributed by atoms with van der Waals surface area (Å²) in [4.78, 5) is 48.3. The number of piperidine rings is 1. The number of aromatic nitrogens is 1. The molecular formula is C37H52N4O8. The zero-order valence-corrected chi connectivity index (χ0v) is 29.3. The van der Waals surface area contributed by atoms with Crippen LogP contribution in [-0.4, -0.2) is 108 Å². The minimum atomic E-state index is -1.12. The molecule has 2 N–H and O–H groups in total. The summed E-state index contributed by atoms with van der Waals surface area (Å²) < 4.78 is 24.5. The Morgan fingerprint density at radius 2 is 1.84 bits per heavy atom. The molecule has 2 saturated heterocycles. The number of hydrogen-bond acceptors (Lipinski definition) is 9. The van der Waals surface area contributed by atoms with Gasteiger partial charge in [-0.3, -0.25) is 4.79 Å². The average molecular weight is 681 g/mol. The maximum atomic E-state index is 14.1. The third-order valence-corrected chi connectivity index (χ3v) is 10.4. The molecule has 4 aliphatic rings. The standard InChI is InChI=1S/C37H52N4O8/c1-37(2,3)32-34(42)41-22-25(21-29(41)35(43)44)48-33-27(12-7-5-6-10-23-20-30(23)49-36(45)39-32)31(26-11-8-9-13-28(26)38-33)47-24-14-16-40(17-15-24)18-19-46-4/h8-9,11,13,23-25,29-30,32H,5-7,10,12,14-22H2,1-4H3,(H,39,45)(H,43,44)/t23?,25-,29+,30-,32-/m1/s1. The minimum Gasteiger partial charge on any atom is -0.489 e. The highest BCUT2D eigenvalue weighted by atomic mass is 16.6. The summed E-state index contributed by atoms with van der Waals surface area (Å²) >= 11 is 0. The van der Waals surface area contributed by atoms with Crippen molar-refractivity contribution in [3.05, 3.63) is 29.8 Å². The second-order valence-electron chi connectivity index (χ2n) is 15.2. The fourth-order valence-corrected chi connectivity index (χ4v) is 7.47. The number of amides is 2. The third-order valence-electron chi connectivity index (χ3n) is 10.4. The van der Waals surface area contributed by atoms with Gasteiger partial charge in [0, 0.05) is 38.6 Å². The molecule has 0 radical (unpaired) electrons. The molecule has 3 aliphatic heterocycles. The Balaban J connectivity index is 1.32. The van der Waals surface area contributed by atoms with Crippen molar-refractivity contribution in [2.75, 3.05) is 39.9 Å². The van der Waals surface area contributed by atoms with Crippen molar-refractivity contribution >= 4 is 28.9 Å². The molecule has 2 aromatic rings. The molecule has 49 heavy (non-hydrogen) atoms. The number of rotatable bonds is 6. The Bertz CT molecular complexity index is 1500. The second-order valence-corrected chi connectivity index (χ2v) is 15.2. The molecule has 5 atom stereocenters. The quantitative estimate of drug-likeness (QED) is 0.437. The molecule has 268 valence electrons. The molecule has 2 amide bonds. The van der Waals surface area contributed by atoms with Gasteiger partial charge in [0.05, 0.1) is 24.2 Å². The number of benzene rings is 1. The van der Waals surface area contributed by atoms with Crippen LogP contribution in [0.1, 0.15) is 77.7 Å². The number of carboxylic acids is 1. The highest BCUT2D eigenvalue weighted by molar-refractivity contribution is 5.91. The molecule has 12 heteroatoms. The first-order chi connectivity index (χ1) is 23.5. The molecule has 12 nitrogen and oxygen atoms in total. The number of likely N-dealkylation sites (tertiary alicyclic amines) is 1. The van der Waals surface area contributed by atoms with Gasteiger partial charge in [-0.05, 0) is 62.0 Å². The maximum absolute atomic E-state index is 14.1. The zero-order valence-electron chi connectivity index (χ0n) is 29.3. The molecule has 1 aliphatic carbocycles. The number of pyridine rings is 1. The van der Waals surface area contributed by atoms with E-state index in [0.717, 1.165) is 86.8 Å². The number of fused-ring (bicyclic) bond motifs is 5. The van der Waals surface area contributed by atoms with Crippen LogP contribution in [0.5, 0.6) is 11.6 Å². The highest BCUT2D eigenvalue weighted by Crippen LogP contribution is 2.41. The number of nitrogens with one attached hydrogen (secondary N) is 1. The number of para-hydroxylation sites is 1. The normalized spacial score (nSPS) is 27.6. The predicted octanol–water partition coefficient (Wildman–Crippen LogP) is 4.80. The number of nitrogens with zero attached hydrogens (tertiary/aromatic N) is 3.